The fraction of sp³-hybridized carbons (Fsp3) is 0.846. The maximum atomic E-state index is 11.9. The lowest BCUT2D eigenvalue weighted by molar-refractivity contribution is -0.138. The van der Waals surface area contributed by atoms with Crippen LogP contribution in [0.5, 0.6) is 0 Å². The zero-order chi connectivity index (χ0) is 14.8. The summed E-state index contributed by atoms with van der Waals surface area (Å²) in [6, 6.07) is -0.294. The second-order valence-electron chi connectivity index (χ2n) is 6.39. The number of amides is 2. The average molecular weight is 272 g/mol. The Labute approximate surface area is 113 Å². The van der Waals surface area contributed by atoms with Crippen molar-refractivity contribution in [2.45, 2.75) is 58.2 Å². The van der Waals surface area contributed by atoms with E-state index in [1.54, 1.807) is 21.0 Å². The summed E-state index contributed by atoms with van der Waals surface area (Å²) in [5.41, 5.74) is -0.881. The second kappa shape index (κ2) is 5.36. The predicted molar refractivity (Wildman–Crippen MR) is 71.0 cm³/mol. The highest BCUT2D eigenvalue weighted by Gasteiger charge is 2.49. The molecule has 0 saturated heterocycles. The van der Waals surface area contributed by atoms with Gasteiger partial charge in [-0.25, -0.2) is 4.79 Å². The fourth-order valence-corrected chi connectivity index (χ4v) is 2.45. The number of nitrogens with one attached hydrogen (secondary N) is 2. The van der Waals surface area contributed by atoms with E-state index in [1.165, 1.54) is 0 Å². The van der Waals surface area contributed by atoms with Crippen LogP contribution in [-0.4, -0.2) is 41.9 Å². The van der Waals surface area contributed by atoms with E-state index in [4.69, 9.17) is 9.84 Å². The van der Waals surface area contributed by atoms with Gasteiger partial charge in [-0.2, -0.15) is 0 Å². The van der Waals surface area contributed by atoms with Crippen LogP contribution in [-0.2, 0) is 9.53 Å². The van der Waals surface area contributed by atoms with Crippen LogP contribution in [0.4, 0.5) is 4.79 Å². The molecule has 1 saturated carbocycles. The normalized spacial score (nSPS) is 25.3. The van der Waals surface area contributed by atoms with Crippen LogP contribution in [0.1, 0.15) is 40.5 Å². The molecule has 0 spiro atoms. The summed E-state index contributed by atoms with van der Waals surface area (Å²) in [6.45, 7) is 7.45. The Morgan fingerprint density at radius 1 is 1.42 bits per heavy atom. The molecule has 3 N–H and O–H groups in total. The van der Waals surface area contributed by atoms with Crippen LogP contribution in [0.2, 0.25) is 0 Å². The average Bonchev–Trinajstić information content (AvgIpc) is 2.20. The number of carboxylic acids is 1. The standard InChI is InChI=1S/C13H24N2O4/c1-12(2,7-10(16)17)15-11(18)14-8-6-9(19-5)13(8,3)4/h8-9H,6-7H2,1-5H3,(H,16,17)(H2,14,15,18). The van der Waals surface area contributed by atoms with Crippen LogP contribution >= 0.6 is 0 Å². The van der Waals surface area contributed by atoms with Crippen molar-refractivity contribution in [2.24, 2.45) is 5.41 Å². The van der Waals surface area contributed by atoms with E-state index in [9.17, 15) is 9.59 Å². The number of hydrogen-bond acceptors (Lipinski definition) is 3. The van der Waals surface area contributed by atoms with Crippen LogP contribution in [0.3, 0.4) is 0 Å². The first-order valence-electron chi connectivity index (χ1n) is 6.42. The number of carbonyl (C=O) groups is 2. The number of carbonyl (C=O) groups excluding carboxylic acids is 1. The number of methoxy groups -OCH3 is 1. The molecule has 6 nitrogen and oxygen atoms in total. The number of ether oxygens (including phenoxy) is 1. The minimum Gasteiger partial charge on any atom is -0.481 e. The van der Waals surface area contributed by atoms with Crippen molar-refractivity contribution in [2.75, 3.05) is 7.11 Å². The second-order valence-corrected chi connectivity index (χ2v) is 6.39. The van der Waals surface area contributed by atoms with Crippen molar-refractivity contribution in [3.05, 3.63) is 0 Å². The molecular formula is C13H24N2O4. The smallest absolute Gasteiger partial charge is 0.315 e. The van der Waals surface area contributed by atoms with Gasteiger partial charge in [-0.05, 0) is 20.3 Å². The quantitative estimate of drug-likeness (QED) is 0.705. The summed E-state index contributed by atoms with van der Waals surface area (Å²) >= 11 is 0. The highest BCUT2D eigenvalue weighted by Crippen LogP contribution is 2.42. The van der Waals surface area contributed by atoms with Gasteiger partial charge in [0.25, 0.3) is 0 Å². The van der Waals surface area contributed by atoms with E-state index in [2.05, 4.69) is 10.6 Å². The maximum Gasteiger partial charge on any atom is 0.315 e. The third-order valence-corrected chi connectivity index (χ3v) is 3.81. The topological polar surface area (TPSA) is 87.7 Å². The summed E-state index contributed by atoms with van der Waals surface area (Å²) in [7, 11) is 1.67. The first-order chi connectivity index (χ1) is 8.58. The molecule has 0 radical (unpaired) electrons. The van der Waals surface area contributed by atoms with Gasteiger partial charge in [0.1, 0.15) is 0 Å². The Balaban J connectivity index is 2.47. The maximum absolute atomic E-state index is 11.9. The van der Waals surface area contributed by atoms with E-state index >= 15 is 0 Å². The molecule has 1 fully saturated rings. The van der Waals surface area contributed by atoms with Crippen LogP contribution in [0.15, 0.2) is 0 Å². The van der Waals surface area contributed by atoms with Gasteiger partial charge in [-0.15, -0.1) is 0 Å². The van der Waals surface area contributed by atoms with Gasteiger partial charge in [0, 0.05) is 24.1 Å². The Morgan fingerprint density at radius 2 is 2.00 bits per heavy atom. The predicted octanol–water partition coefficient (Wildman–Crippen LogP) is 1.35. The summed E-state index contributed by atoms with van der Waals surface area (Å²) in [5.74, 6) is -0.936. The molecule has 0 bridgehead atoms. The lowest BCUT2D eigenvalue weighted by Gasteiger charge is -2.51. The summed E-state index contributed by atoms with van der Waals surface area (Å²) in [5, 5.41) is 14.3. The monoisotopic (exact) mass is 272 g/mol. The van der Waals surface area contributed by atoms with Crippen LogP contribution < -0.4 is 10.6 Å². The number of urea groups is 1. The van der Waals surface area contributed by atoms with Crippen molar-refractivity contribution in [3.8, 4) is 0 Å². The van der Waals surface area contributed by atoms with Gasteiger partial charge >= 0.3 is 12.0 Å². The summed E-state index contributed by atoms with van der Waals surface area (Å²) in [6.07, 6.45) is 0.802. The molecule has 19 heavy (non-hydrogen) atoms. The van der Waals surface area contributed by atoms with E-state index < -0.39 is 11.5 Å². The van der Waals surface area contributed by atoms with Crippen molar-refractivity contribution in [3.63, 3.8) is 0 Å². The lowest BCUT2D eigenvalue weighted by Crippen LogP contribution is -2.64. The molecule has 110 valence electrons. The molecule has 2 unspecified atom stereocenters. The van der Waals surface area contributed by atoms with E-state index in [0.29, 0.717) is 0 Å². The van der Waals surface area contributed by atoms with E-state index in [1.807, 2.05) is 13.8 Å². The minimum absolute atomic E-state index is 0.0399. The third-order valence-electron chi connectivity index (χ3n) is 3.81. The number of rotatable bonds is 5. The Morgan fingerprint density at radius 3 is 2.42 bits per heavy atom. The zero-order valence-corrected chi connectivity index (χ0v) is 12.2. The molecule has 2 amide bonds. The molecule has 1 aliphatic carbocycles. The molecule has 0 aromatic rings. The third kappa shape index (κ3) is 3.83. The molecule has 0 aromatic heterocycles. The zero-order valence-electron chi connectivity index (χ0n) is 12.2. The van der Waals surface area contributed by atoms with Gasteiger partial charge in [0.2, 0.25) is 0 Å². The van der Waals surface area contributed by atoms with Gasteiger partial charge in [0.15, 0.2) is 0 Å². The SMILES string of the molecule is COC1CC(NC(=O)NC(C)(C)CC(=O)O)C1(C)C. The Bertz CT molecular complexity index is 366. The molecule has 1 rings (SSSR count). The largest absolute Gasteiger partial charge is 0.481 e. The lowest BCUT2D eigenvalue weighted by atomic mass is 9.64. The van der Waals surface area contributed by atoms with Gasteiger partial charge in [-0.3, -0.25) is 4.79 Å². The molecule has 6 heteroatoms. The highest BCUT2D eigenvalue weighted by molar-refractivity contribution is 5.77. The first kappa shape index (κ1) is 15.8. The minimum atomic E-state index is -0.936. The fourth-order valence-electron chi connectivity index (χ4n) is 2.45. The van der Waals surface area contributed by atoms with E-state index in [-0.39, 0.29) is 30.0 Å². The summed E-state index contributed by atoms with van der Waals surface area (Å²) < 4.78 is 5.32. The van der Waals surface area contributed by atoms with Gasteiger partial charge < -0.3 is 20.5 Å². The summed E-state index contributed by atoms with van der Waals surface area (Å²) in [4.78, 5) is 22.6. The van der Waals surface area contributed by atoms with Gasteiger partial charge in [0.05, 0.1) is 12.5 Å². The molecule has 0 aromatic carbocycles. The van der Waals surface area contributed by atoms with Crippen molar-refractivity contribution < 1.29 is 19.4 Å². The number of hydrogen-bond donors (Lipinski definition) is 3. The van der Waals surface area contributed by atoms with E-state index in [0.717, 1.165) is 6.42 Å². The molecular weight excluding hydrogens is 248 g/mol. The highest BCUT2D eigenvalue weighted by atomic mass is 16.5. The number of carboxylic acid groups (broad SMARTS) is 1. The van der Waals surface area contributed by atoms with Crippen molar-refractivity contribution >= 4 is 12.0 Å². The van der Waals surface area contributed by atoms with Gasteiger partial charge in [-0.1, -0.05) is 13.8 Å². The Hall–Kier alpha value is -1.30. The van der Waals surface area contributed by atoms with Crippen molar-refractivity contribution in [1.29, 1.82) is 0 Å². The molecule has 0 heterocycles. The molecule has 2 atom stereocenters. The van der Waals surface area contributed by atoms with Crippen LogP contribution in [0.25, 0.3) is 0 Å². The van der Waals surface area contributed by atoms with Crippen LogP contribution in [0, 0.1) is 5.41 Å². The van der Waals surface area contributed by atoms with Crippen molar-refractivity contribution in [1.82, 2.24) is 10.6 Å². The first-order valence-corrected chi connectivity index (χ1v) is 6.42. The molecule has 1 aliphatic rings. The Kier molecular flexibility index (Phi) is 4.45. The number of aliphatic carboxylic acids is 1. The molecule has 0 aliphatic heterocycles.